The van der Waals surface area contributed by atoms with Gasteiger partial charge in [0.2, 0.25) is 5.91 Å². The maximum absolute atomic E-state index is 12.9. The number of nitrogens with one attached hydrogen (secondary N) is 2. The number of pyridine rings is 1. The van der Waals surface area contributed by atoms with Crippen LogP contribution < -0.4 is 10.9 Å². The molecular weight excluding hydrogens is 339 g/mol. The molecule has 2 N–H and O–H groups in total. The van der Waals surface area contributed by atoms with Crippen molar-refractivity contribution in [2.24, 2.45) is 0 Å². The molecule has 0 atom stereocenters. The van der Waals surface area contributed by atoms with Crippen LogP contribution in [0.2, 0.25) is 0 Å². The molecule has 128 valence electrons. The van der Waals surface area contributed by atoms with Gasteiger partial charge in [0.1, 0.15) is 5.82 Å². The van der Waals surface area contributed by atoms with E-state index in [9.17, 15) is 14.0 Å². The Balaban J connectivity index is 1.72. The summed E-state index contributed by atoms with van der Waals surface area (Å²) in [4.78, 5) is 27.6. The topological polar surface area (TPSA) is 62.0 Å². The van der Waals surface area contributed by atoms with Crippen LogP contribution in [0.25, 0.3) is 10.9 Å². The van der Waals surface area contributed by atoms with Crippen LogP contribution in [0, 0.1) is 19.7 Å². The molecule has 0 saturated carbocycles. The quantitative estimate of drug-likeness (QED) is 0.694. The molecule has 1 amide bonds. The number of aryl methyl sites for hydroxylation is 1. The summed E-state index contributed by atoms with van der Waals surface area (Å²) in [5.41, 5.74) is 2.82. The van der Waals surface area contributed by atoms with E-state index in [0.717, 1.165) is 15.8 Å². The zero-order valence-electron chi connectivity index (χ0n) is 13.9. The van der Waals surface area contributed by atoms with Crippen molar-refractivity contribution in [2.75, 3.05) is 11.1 Å². The highest BCUT2D eigenvalue weighted by Crippen LogP contribution is 2.22. The number of rotatable bonds is 4. The maximum atomic E-state index is 12.9. The Morgan fingerprint density at radius 2 is 1.84 bits per heavy atom. The summed E-state index contributed by atoms with van der Waals surface area (Å²) in [6, 6.07) is 11.5. The first-order chi connectivity index (χ1) is 11.9. The molecule has 1 aromatic heterocycles. The smallest absolute Gasteiger partial charge is 0.251 e. The molecule has 0 fully saturated rings. The van der Waals surface area contributed by atoms with E-state index in [2.05, 4.69) is 10.3 Å². The number of benzene rings is 2. The van der Waals surface area contributed by atoms with Gasteiger partial charge in [0.25, 0.3) is 5.56 Å². The van der Waals surface area contributed by atoms with E-state index in [4.69, 9.17) is 0 Å². The zero-order chi connectivity index (χ0) is 18.0. The molecule has 25 heavy (non-hydrogen) atoms. The molecule has 0 aliphatic rings. The Kier molecular flexibility index (Phi) is 4.90. The standard InChI is InChI=1S/C19H17FN2O2S/c1-11-12(2)19(24)22-17-9-14(5-8-16(11)17)21-18(23)10-25-15-6-3-13(20)4-7-15/h3-9H,10H2,1-2H3,(H,21,23)(H,22,24). The van der Waals surface area contributed by atoms with Crippen LogP contribution in [0.4, 0.5) is 10.1 Å². The van der Waals surface area contributed by atoms with Gasteiger partial charge in [-0.3, -0.25) is 9.59 Å². The average Bonchev–Trinajstić information content (AvgIpc) is 2.59. The molecule has 0 spiro atoms. The predicted octanol–water partition coefficient (Wildman–Crippen LogP) is 4.01. The predicted molar refractivity (Wildman–Crippen MR) is 99.8 cm³/mol. The van der Waals surface area contributed by atoms with E-state index in [-0.39, 0.29) is 23.0 Å². The number of H-pyrrole nitrogens is 1. The minimum atomic E-state index is -0.301. The highest BCUT2D eigenvalue weighted by Gasteiger charge is 2.08. The molecule has 0 unspecified atom stereocenters. The first-order valence-corrected chi connectivity index (χ1v) is 8.74. The molecule has 1 heterocycles. The highest BCUT2D eigenvalue weighted by atomic mass is 32.2. The second-order valence-electron chi connectivity index (χ2n) is 5.76. The molecule has 3 rings (SSSR count). The molecule has 0 saturated heterocycles. The Labute approximate surface area is 148 Å². The zero-order valence-corrected chi connectivity index (χ0v) is 14.7. The van der Waals surface area contributed by atoms with E-state index in [1.54, 1.807) is 25.1 Å². The number of hydrogen-bond donors (Lipinski definition) is 2. The molecular formula is C19H17FN2O2S. The number of amides is 1. The Morgan fingerprint density at radius 3 is 2.56 bits per heavy atom. The average molecular weight is 356 g/mol. The SMILES string of the molecule is Cc1c(C)c2ccc(NC(=O)CSc3ccc(F)cc3)cc2[nH]c1=O. The number of hydrogen-bond acceptors (Lipinski definition) is 3. The largest absolute Gasteiger partial charge is 0.325 e. The minimum Gasteiger partial charge on any atom is -0.325 e. The first kappa shape index (κ1) is 17.2. The third-order valence-corrected chi connectivity index (χ3v) is 5.05. The molecule has 3 aromatic rings. The van der Waals surface area contributed by atoms with Gasteiger partial charge < -0.3 is 10.3 Å². The summed E-state index contributed by atoms with van der Waals surface area (Å²) in [7, 11) is 0. The second kappa shape index (κ2) is 7.11. The molecule has 0 aliphatic carbocycles. The monoisotopic (exact) mass is 356 g/mol. The number of halogens is 1. The van der Waals surface area contributed by atoms with Crippen LogP contribution in [0.1, 0.15) is 11.1 Å². The number of fused-ring (bicyclic) bond motifs is 1. The van der Waals surface area contributed by atoms with Crippen molar-refractivity contribution in [3.8, 4) is 0 Å². The fraction of sp³-hybridized carbons (Fsp3) is 0.158. The maximum Gasteiger partial charge on any atom is 0.251 e. The molecule has 0 bridgehead atoms. The Morgan fingerprint density at radius 1 is 1.12 bits per heavy atom. The van der Waals surface area contributed by atoms with Crippen molar-refractivity contribution in [2.45, 2.75) is 18.7 Å². The van der Waals surface area contributed by atoms with Gasteiger partial charge in [0.15, 0.2) is 0 Å². The first-order valence-electron chi connectivity index (χ1n) is 7.75. The van der Waals surface area contributed by atoms with Crippen LogP contribution in [-0.2, 0) is 4.79 Å². The third-order valence-electron chi connectivity index (χ3n) is 4.04. The van der Waals surface area contributed by atoms with Crippen molar-refractivity contribution in [3.05, 3.63) is 69.8 Å². The number of aromatic nitrogens is 1. The van der Waals surface area contributed by atoms with Gasteiger partial charge in [0.05, 0.1) is 11.3 Å². The Hall–Kier alpha value is -2.60. The van der Waals surface area contributed by atoms with Crippen LogP contribution in [0.3, 0.4) is 0 Å². The van der Waals surface area contributed by atoms with Gasteiger partial charge in [-0.1, -0.05) is 6.07 Å². The number of carbonyl (C=O) groups excluding carboxylic acids is 1. The van der Waals surface area contributed by atoms with Crippen LogP contribution in [-0.4, -0.2) is 16.6 Å². The van der Waals surface area contributed by atoms with Crippen molar-refractivity contribution in [1.82, 2.24) is 4.98 Å². The lowest BCUT2D eigenvalue weighted by atomic mass is 10.1. The summed E-state index contributed by atoms with van der Waals surface area (Å²) in [5, 5.41) is 3.77. The normalized spacial score (nSPS) is 10.8. The van der Waals surface area contributed by atoms with E-state index in [1.165, 1.54) is 23.9 Å². The van der Waals surface area contributed by atoms with Crippen LogP contribution >= 0.6 is 11.8 Å². The van der Waals surface area contributed by atoms with Gasteiger partial charge in [0, 0.05) is 21.5 Å². The molecule has 2 aromatic carbocycles. The van der Waals surface area contributed by atoms with Gasteiger partial charge in [-0.05, 0) is 55.8 Å². The van der Waals surface area contributed by atoms with Crippen molar-refractivity contribution in [1.29, 1.82) is 0 Å². The molecule has 0 aliphatic heterocycles. The molecule has 4 nitrogen and oxygen atoms in total. The van der Waals surface area contributed by atoms with Crippen molar-refractivity contribution in [3.63, 3.8) is 0 Å². The highest BCUT2D eigenvalue weighted by molar-refractivity contribution is 8.00. The minimum absolute atomic E-state index is 0.125. The van der Waals surface area contributed by atoms with Crippen LogP contribution in [0.5, 0.6) is 0 Å². The van der Waals surface area contributed by atoms with Gasteiger partial charge >= 0.3 is 0 Å². The lowest BCUT2D eigenvalue weighted by molar-refractivity contribution is -0.113. The molecule has 0 radical (unpaired) electrons. The van der Waals surface area contributed by atoms with Crippen molar-refractivity contribution < 1.29 is 9.18 Å². The third kappa shape index (κ3) is 3.91. The lowest BCUT2D eigenvalue weighted by Gasteiger charge is -2.09. The van der Waals surface area contributed by atoms with Crippen LogP contribution in [0.15, 0.2) is 52.2 Å². The molecule has 6 heteroatoms. The van der Waals surface area contributed by atoms with Gasteiger partial charge in [-0.25, -0.2) is 4.39 Å². The van der Waals surface area contributed by atoms with E-state index in [0.29, 0.717) is 16.8 Å². The summed E-state index contributed by atoms with van der Waals surface area (Å²) >= 11 is 1.33. The summed E-state index contributed by atoms with van der Waals surface area (Å²) in [6.07, 6.45) is 0. The second-order valence-corrected chi connectivity index (χ2v) is 6.80. The Bertz CT molecular complexity index is 997. The van der Waals surface area contributed by atoms with E-state index >= 15 is 0 Å². The lowest BCUT2D eigenvalue weighted by Crippen LogP contribution is -2.15. The van der Waals surface area contributed by atoms with E-state index < -0.39 is 0 Å². The number of aromatic amines is 1. The number of thioether (sulfide) groups is 1. The fourth-order valence-electron chi connectivity index (χ4n) is 2.52. The number of carbonyl (C=O) groups is 1. The van der Waals surface area contributed by atoms with E-state index in [1.807, 2.05) is 19.1 Å². The fourth-order valence-corrected chi connectivity index (χ4v) is 3.22. The summed E-state index contributed by atoms with van der Waals surface area (Å²) < 4.78 is 12.9. The summed E-state index contributed by atoms with van der Waals surface area (Å²) in [6.45, 7) is 3.69. The number of anilines is 1. The van der Waals surface area contributed by atoms with Gasteiger partial charge in [-0.2, -0.15) is 0 Å². The van der Waals surface area contributed by atoms with Crippen molar-refractivity contribution >= 4 is 34.3 Å². The summed E-state index contributed by atoms with van der Waals surface area (Å²) in [5.74, 6) is -0.253. The van der Waals surface area contributed by atoms with Gasteiger partial charge in [-0.15, -0.1) is 11.8 Å².